The molecule has 1 saturated carbocycles. The number of halogens is 5. The number of nitriles is 1. The highest BCUT2D eigenvalue weighted by Crippen LogP contribution is 2.33. The monoisotopic (exact) mass is 305 g/mol. The Labute approximate surface area is 118 Å². The van der Waals surface area contributed by atoms with Crippen molar-refractivity contribution in [2.24, 2.45) is 5.92 Å². The summed E-state index contributed by atoms with van der Waals surface area (Å²) in [5.41, 5.74) is 0. The molecule has 2 nitrogen and oxygen atoms in total. The Kier molecular flexibility index (Phi) is 4.66. The molecule has 0 aliphatic heterocycles. The van der Waals surface area contributed by atoms with Crippen molar-refractivity contribution in [3.05, 3.63) is 29.1 Å². The molecule has 7 heteroatoms. The van der Waals surface area contributed by atoms with Gasteiger partial charge in [-0.15, -0.1) is 0 Å². The molecule has 1 aliphatic carbocycles. The average Bonchev–Trinajstić information content (AvgIpc) is 2.72. The van der Waals surface area contributed by atoms with E-state index in [1.807, 2.05) is 6.07 Å². The zero-order chi connectivity index (χ0) is 15.6. The van der Waals surface area contributed by atoms with Crippen LogP contribution in [0.25, 0.3) is 0 Å². The maximum Gasteiger partial charge on any atom is 0.207 e. The summed E-state index contributed by atoms with van der Waals surface area (Å²) in [5, 5.41) is 9.03. The van der Waals surface area contributed by atoms with Crippen molar-refractivity contribution in [1.82, 2.24) is 0 Å². The summed E-state index contributed by atoms with van der Waals surface area (Å²) >= 11 is 0. The SMILES string of the molecule is N#CC1CCCCCC1Oc1c(F)c(F)c(F)c(F)c1F. The lowest BCUT2D eigenvalue weighted by Gasteiger charge is -2.22. The molecule has 0 saturated heterocycles. The van der Waals surface area contributed by atoms with Gasteiger partial charge in [0.25, 0.3) is 0 Å². The van der Waals surface area contributed by atoms with Gasteiger partial charge >= 0.3 is 0 Å². The fourth-order valence-corrected chi connectivity index (χ4v) is 2.40. The summed E-state index contributed by atoms with van der Waals surface area (Å²) in [6.45, 7) is 0. The van der Waals surface area contributed by atoms with Crippen molar-refractivity contribution in [3.63, 3.8) is 0 Å². The third-order valence-electron chi connectivity index (χ3n) is 3.56. The highest BCUT2D eigenvalue weighted by atomic mass is 19.2. The number of ether oxygens (including phenoxy) is 1. The minimum Gasteiger partial charge on any atom is -0.483 e. The summed E-state index contributed by atoms with van der Waals surface area (Å²) in [6, 6.07) is 1.96. The highest BCUT2D eigenvalue weighted by molar-refractivity contribution is 5.30. The molecule has 1 aliphatic rings. The van der Waals surface area contributed by atoms with Crippen molar-refractivity contribution in [3.8, 4) is 11.8 Å². The third kappa shape index (κ3) is 2.94. The molecule has 0 bridgehead atoms. The molecular formula is C14H12F5NO. The van der Waals surface area contributed by atoms with Gasteiger partial charge < -0.3 is 4.74 Å². The molecule has 0 heterocycles. The van der Waals surface area contributed by atoms with Gasteiger partial charge in [-0.1, -0.05) is 12.8 Å². The molecule has 0 N–H and O–H groups in total. The molecule has 21 heavy (non-hydrogen) atoms. The first-order valence-corrected chi connectivity index (χ1v) is 6.55. The van der Waals surface area contributed by atoms with Crippen LogP contribution < -0.4 is 4.74 Å². The van der Waals surface area contributed by atoms with Gasteiger partial charge in [0.1, 0.15) is 6.10 Å². The largest absolute Gasteiger partial charge is 0.483 e. The van der Waals surface area contributed by atoms with E-state index in [4.69, 9.17) is 10.00 Å². The minimum atomic E-state index is -2.23. The molecule has 1 aromatic rings. The predicted molar refractivity (Wildman–Crippen MR) is 62.8 cm³/mol. The van der Waals surface area contributed by atoms with Crippen molar-refractivity contribution >= 4 is 0 Å². The van der Waals surface area contributed by atoms with E-state index in [1.54, 1.807) is 0 Å². The van der Waals surface area contributed by atoms with E-state index in [0.717, 1.165) is 12.8 Å². The van der Waals surface area contributed by atoms with Gasteiger partial charge in [-0.05, 0) is 19.3 Å². The highest BCUT2D eigenvalue weighted by Gasteiger charge is 2.32. The third-order valence-corrected chi connectivity index (χ3v) is 3.56. The number of benzene rings is 1. The molecule has 1 aromatic carbocycles. The van der Waals surface area contributed by atoms with E-state index < -0.39 is 46.9 Å². The molecule has 0 amide bonds. The molecule has 2 unspecified atom stereocenters. The van der Waals surface area contributed by atoms with E-state index in [0.29, 0.717) is 19.3 Å². The van der Waals surface area contributed by atoms with E-state index in [1.165, 1.54) is 0 Å². The summed E-state index contributed by atoms with van der Waals surface area (Å²) in [4.78, 5) is 0. The standard InChI is InChI=1S/C14H12F5NO/c15-9-10(16)12(18)14(13(19)11(9)17)21-8-5-3-1-2-4-7(8)6-20/h7-8H,1-5H2. The lowest BCUT2D eigenvalue weighted by Crippen LogP contribution is -2.26. The van der Waals surface area contributed by atoms with Crippen LogP contribution >= 0.6 is 0 Å². The van der Waals surface area contributed by atoms with Crippen LogP contribution in [0.15, 0.2) is 0 Å². The van der Waals surface area contributed by atoms with Crippen LogP contribution in [-0.2, 0) is 0 Å². The van der Waals surface area contributed by atoms with Gasteiger partial charge in [0.05, 0.1) is 12.0 Å². The van der Waals surface area contributed by atoms with Crippen molar-refractivity contribution in [1.29, 1.82) is 5.26 Å². The smallest absolute Gasteiger partial charge is 0.207 e. The Morgan fingerprint density at radius 2 is 1.33 bits per heavy atom. The lowest BCUT2D eigenvalue weighted by atomic mass is 9.99. The molecule has 1 fully saturated rings. The van der Waals surface area contributed by atoms with E-state index >= 15 is 0 Å². The quantitative estimate of drug-likeness (QED) is 0.354. The lowest BCUT2D eigenvalue weighted by molar-refractivity contribution is 0.134. The number of hydrogen-bond acceptors (Lipinski definition) is 2. The first-order valence-electron chi connectivity index (χ1n) is 6.55. The fourth-order valence-electron chi connectivity index (χ4n) is 2.40. The molecule has 2 atom stereocenters. The summed E-state index contributed by atoms with van der Waals surface area (Å²) < 4.78 is 71.3. The van der Waals surface area contributed by atoms with Gasteiger partial charge in [0.15, 0.2) is 5.75 Å². The van der Waals surface area contributed by atoms with Crippen LogP contribution in [0.3, 0.4) is 0 Å². The van der Waals surface area contributed by atoms with Gasteiger partial charge in [0.2, 0.25) is 29.1 Å². The van der Waals surface area contributed by atoms with Gasteiger partial charge in [0, 0.05) is 0 Å². The van der Waals surface area contributed by atoms with Crippen molar-refractivity contribution in [2.75, 3.05) is 0 Å². The minimum absolute atomic E-state index is 0.331. The predicted octanol–water partition coefficient (Wildman–Crippen LogP) is 4.23. The zero-order valence-corrected chi connectivity index (χ0v) is 10.9. The van der Waals surface area contributed by atoms with Crippen LogP contribution in [0.5, 0.6) is 5.75 Å². The first kappa shape index (κ1) is 15.5. The molecular weight excluding hydrogens is 293 g/mol. The van der Waals surface area contributed by atoms with Crippen LogP contribution in [0.2, 0.25) is 0 Å². The van der Waals surface area contributed by atoms with Gasteiger partial charge in [-0.2, -0.15) is 14.0 Å². The summed E-state index contributed by atoms with van der Waals surface area (Å²) in [5.74, 6) is -12.3. The Morgan fingerprint density at radius 3 is 1.90 bits per heavy atom. The Bertz CT molecular complexity index is 555. The Hall–Kier alpha value is -1.84. The maximum atomic E-state index is 13.6. The Balaban J connectivity index is 2.36. The van der Waals surface area contributed by atoms with Gasteiger partial charge in [-0.3, -0.25) is 0 Å². The van der Waals surface area contributed by atoms with Crippen LogP contribution in [-0.4, -0.2) is 6.10 Å². The second-order valence-corrected chi connectivity index (χ2v) is 4.93. The van der Waals surface area contributed by atoms with E-state index in [9.17, 15) is 22.0 Å². The topological polar surface area (TPSA) is 33.0 Å². The number of rotatable bonds is 2. The second kappa shape index (κ2) is 6.29. The van der Waals surface area contributed by atoms with E-state index in [2.05, 4.69) is 0 Å². The second-order valence-electron chi connectivity index (χ2n) is 4.93. The summed E-state index contributed by atoms with van der Waals surface area (Å²) in [7, 11) is 0. The maximum absolute atomic E-state index is 13.6. The van der Waals surface area contributed by atoms with Crippen LogP contribution in [0.4, 0.5) is 22.0 Å². The first-order chi connectivity index (χ1) is 9.97. The average molecular weight is 305 g/mol. The molecule has 2 rings (SSSR count). The molecule has 0 spiro atoms. The van der Waals surface area contributed by atoms with Crippen molar-refractivity contribution < 1.29 is 26.7 Å². The van der Waals surface area contributed by atoms with Crippen molar-refractivity contribution in [2.45, 2.75) is 38.2 Å². The van der Waals surface area contributed by atoms with Crippen LogP contribution in [0.1, 0.15) is 32.1 Å². The molecule has 114 valence electrons. The molecule has 0 radical (unpaired) electrons. The number of nitrogens with zero attached hydrogens (tertiary/aromatic N) is 1. The normalized spacial score (nSPS) is 22.5. The summed E-state index contributed by atoms with van der Waals surface area (Å²) in [6.07, 6.45) is 2.17. The van der Waals surface area contributed by atoms with Gasteiger partial charge in [-0.25, -0.2) is 13.2 Å². The molecule has 0 aromatic heterocycles. The fraction of sp³-hybridized carbons (Fsp3) is 0.500. The van der Waals surface area contributed by atoms with E-state index in [-0.39, 0.29) is 0 Å². The van der Waals surface area contributed by atoms with Crippen LogP contribution in [0, 0.1) is 46.3 Å². The zero-order valence-electron chi connectivity index (χ0n) is 10.9. The number of hydrogen-bond donors (Lipinski definition) is 0. The Morgan fingerprint density at radius 1 is 0.810 bits per heavy atom.